The van der Waals surface area contributed by atoms with E-state index in [1.54, 1.807) is 12.1 Å². The molecule has 1 heteroatoms. The molecule has 0 aromatic heterocycles. The molecule has 0 aliphatic rings. The van der Waals surface area contributed by atoms with Gasteiger partial charge in [0.2, 0.25) is 0 Å². The van der Waals surface area contributed by atoms with Crippen LogP contribution in [0.25, 0.3) is 0 Å². The van der Waals surface area contributed by atoms with Gasteiger partial charge in [0.15, 0.2) is 0 Å². The first-order valence-electron chi connectivity index (χ1n) is 4.92. The van der Waals surface area contributed by atoms with Crippen LogP contribution in [0.5, 0.6) is 0 Å². The summed E-state index contributed by atoms with van der Waals surface area (Å²) in [6.45, 7) is 4.01. The summed E-state index contributed by atoms with van der Waals surface area (Å²) in [7, 11) is 0. The van der Waals surface area contributed by atoms with Crippen LogP contribution < -0.4 is 0 Å². The molecular weight excluding hydrogens is 187 g/mol. The molecule has 0 saturated carbocycles. The van der Waals surface area contributed by atoms with E-state index in [0.29, 0.717) is 0 Å². The lowest BCUT2D eigenvalue weighted by atomic mass is 10.2. The van der Waals surface area contributed by atoms with Gasteiger partial charge in [0.25, 0.3) is 0 Å². The van der Waals surface area contributed by atoms with E-state index in [0.717, 1.165) is 5.56 Å². The monoisotopic (exact) mass is 202 g/mol. The maximum atomic E-state index is 12.1. The molecule has 0 heterocycles. The Hall–Kier alpha value is -1.63. The standard InChI is InChI=1S/C7H7F.C7H8/c1-6-2-4-7(8)5-3-6;1-7-5-3-2-4-6-7/h2-5H,1H3;2-6H,1H3. The Bertz CT molecular complexity index is 355. The number of hydrogen-bond acceptors (Lipinski definition) is 0. The molecular formula is C14H15F. The summed E-state index contributed by atoms with van der Waals surface area (Å²) in [6.07, 6.45) is 0. The molecule has 0 nitrogen and oxygen atoms in total. The predicted molar refractivity (Wildman–Crippen MR) is 62.3 cm³/mol. The van der Waals surface area contributed by atoms with Crippen LogP contribution in [0.15, 0.2) is 54.6 Å². The third-order valence-electron chi connectivity index (χ3n) is 1.95. The minimum absolute atomic E-state index is 0.171. The molecule has 0 aliphatic carbocycles. The Kier molecular flexibility index (Phi) is 4.55. The fourth-order valence-electron chi connectivity index (χ4n) is 1.07. The van der Waals surface area contributed by atoms with Gasteiger partial charge < -0.3 is 0 Å². The minimum Gasteiger partial charge on any atom is -0.207 e. The van der Waals surface area contributed by atoms with Crippen molar-refractivity contribution in [2.45, 2.75) is 13.8 Å². The fraction of sp³-hybridized carbons (Fsp3) is 0.143. The fourth-order valence-corrected chi connectivity index (χ4v) is 1.07. The highest BCUT2D eigenvalue weighted by Crippen LogP contribution is 1.98. The summed E-state index contributed by atoms with van der Waals surface area (Å²) in [4.78, 5) is 0. The van der Waals surface area contributed by atoms with Crippen molar-refractivity contribution in [3.05, 3.63) is 71.5 Å². The Morgan fingerprint density at radius 1 is 0.667 bits per heavy atom. The lowest BCUT2D eigenvalue weighted by molar-refractivity contribution is 0.627. The van der Waals surface area contributed by atoms with Gasteiger partial charge in [0.05, 0.1) is 0 Å². The van der Waals surface area contributed by atoms with E-state index in [4.69, 9.17) is 0 Å². The molecule has 0 aliphatic heterocycles. The van der Waals surface area contributed by atoms with Gasteiger partial charge in [-0.1, -0.05) is 53.6 Å². The van der Waals surface area contributed by atoms with Crippen LogP contribution in [0.1, 0.15) is 11.1 Å². The molecule has 0 spiro atoms. The normalized spacial score (nSPS) is 9.00. The van der Waals surface area contributed by atoms with E-state index in [1.807, 2.05) is 25.1 Å². The van der Waals surface area contributed by atoms with Gasteiger partial charge in [0, 0.05) is 0 Å². The lowest BCUT2D eigenvalue weighted by Gasteiger charge is -1.87. The summed E-state index contributed by atoms with van der Waals surface area (Å²) in [5.41, 5.74) is 2.41. The minimum atomic E-state index is -0.171. The largest absolute Gasteiger partial charge is 0.207 e. The molecule has 0 unspecified atom stereocenters. The van der Waals surface area contributed by atoms with E-state index in [9.17, 15) is 4.39 Å². The van der Waals surface area contributed by atoms with Gasteiger partial charge in [-0.25, -0.2) is 4.39 Å². The summed E-state index contributed by atoms with van der Waals surface area (Å²) < 4.78 is 12.1. The van der Waals surface area contributed by atoms with Gasteiger partial charge in [-0.05, 0) is 26.0 Å². The molecule has 2 aromatic carbocycles. The molecule has 0 fully saturated rings. The molecule has 2 rings (SSSR count). The van der Waals surface area contributed by atoms with Crippen LogP contribution >= 0.6 is 0 Å². The van der Waals surface area contributed by atoms with Gasteiger partial charge in [-0.3, -0.25) is 0 Å². The third-order valence-corrected chi connectivity index (χ3v) is 1.95. The molecule has 78 valence electrons. The van der Waals surface area contributed by atoms with Crippen molar-refractivity contribution in [3.8, 4) is 0 Å². The van der Waals surface area contributed by atoms with Crippen molar-refractivity contribution in [2.75, 3.05) is 0 Å². The van der Waals surface area contributed by atoms with Crippen molar-refractivity contribution in [1.29, 1.82) is 0 Å². The molecule has 0 N–H and O–H groups in total. The molecule has 0 radical (unpaired) electrons. The Morgan fingerprint density at radius 2 is 1.13 bits per heavy atom. The molecule has 2 aromatic rings. The van der Waals surface area contributed by atoms with Crippen molar-refractivity contribution in [1.82, 2.24) is 0 Å². The Morgan fingerprint density at radius 3 is 1.47 bits per heavy atom. The molecule has 0 bridgehead atoms. The van der Waals surface area contributed by atoms with E-state index in [2.05, 4.69) is 19.1 Å². The zero-order valence-electron chi connectivity index (χ0n) is 9.07. The van der Waals surface area contributed by atoms with Crippen LogP contribution in [0.3, 0.4) is 0 Å². The van der Waals surface area contributed by atoms with Crippen LogP contribution in [-0.4, -0.2) is 0 Å². The highest BCUT2D eigenvalue weighted by Gasteiger charge is 1.83. The first-order valence-corrected chi connectivity index (χ1v) is 4.92. The average molecular weight is 202 g/mol. The van der Waals surface area contributed by atoms with Crippen molar-refractivity contribution >= 4 is 0 Å². The molecule has 15 heavy (non-hydrogen) atoms. The summed E-state index contributed by atoms with van der Waals surface area (Å²) in [5, 5.41) is 0. The number of aryl methyl sites for hydroxylation is 2. The second-order valence-electron chi connectivity index (χ2n) is 3.45. The van der Waals surface area contributed by atoms with Crippen molar-refractivity contribution in [2.24, 2.45) is 0 Å². The summed E-state index contributed by atoms with van der Waals surface area (Å²) in [5.74, 6) is -0.171. The van der Waals surface area contributed by atoms with Crippen LogP contribution in [-0.2, 0) is 0 Å². The van der Waals surface area contributed by atoms with Crippen molar-refractivity contribution in [3.63, 3.8) is 0 Å². The van der Waals surface area contributed by atoms with Crippen LogP contribution in [0.4, 0.5) is 4.39 Å². The summed E-state index contributed by atoms with van der Waals surface area (Å²) >= 11 is 0. The topological polar surface area (TPSA) is 0 Å². The SMILES string of the molecule is Cc1ccc(F)cc1.Cc1ccccc1. The van der Waals surface area contributed by atoms with Gasteiger partial charge >= 0.3 is 0 Å². The maximum absolute atomic E-state index is 12.1. The Balaban J connectivity index is 0.000000151. The number of benzene rings is 2. The zero-order valence-corrected chi connectivity index (χ0v) is 9.07. The smallest absolute Gasteiger partial charge is 0.123 e. The van der Waals surface area contributed by atoms with E-state index < -0.39 is 0 Å². The van der Waals surface area contributed by atoms with E-state index in [-0.39, 0.29) is 5.82 Å². The summed E-state index contributed by atoms with van der Waals surface area (Å²) in [6, 6.07) is 16.7. The van der Waals surface area contributed by atoms with Crippen LogP contribution in [0.2, 0.25) is 0 Å². The Labute approximate surface area is 90.4 Å². The number of halogens is 1. The lowest BCUT2D eigenvalue weighted by Crippen LogP contribution is -1.71. The van der Waals surface area contributed by atoms with Crippen LogP contribution in [0, 0.1) is 19.7 Å². The number of hydrogen-bond donors (Lipinski definition) is 0. The van der Waals surface area contributed by atoms with E-state index in [1.165, 1.54) is 17.7 Å². The molecule has 0 amide bonds. The molecule has 0 atom stereocenters. The van der Waals surface area contributed by atoms with E-state index >= 15 is 0 Å². The van der Waals surface area contributed by atoms with Gasteiger partial charge in [-0.2, -0.15) is 0 Å². The van der Waals surface area contributed by atoms with Gasteiger partial charge in [-0.15, -0.1) is 0 Å². The highest BCUT2D eigenvalue weighted by molar-refractivity contribution is 5.13. The maximum Gasteiger partial charge on any atom is 0.123 e. The van der Waals surface area contributed by atoms with Crippen molar-refractivity contribution < 1.29 is 4.39 Å². The zero-order chi connectivity index (χ0) is 11.1. The first kappa shape index (κ1) is 11.4. The quantitative estimate of drug-likeness (QED) is 0.602. The van der Waals surface area contributed by atoms with Gasteiger partial charge in [0.1, 0.15) is 5.82 Å². The second-order valence-corrected chi connectivity index (χ2v) is 3.45. The third kappa shape index (κ3) is 4.96. The second kappa shape index (κ2) is 5.97. The number of rotatable bonds is 0. The predicted octanol–water partition coefficient (Wildman–Crippen LogP) is 4.13. The molecule has 0 saturated heterocycles. The highest BCUT2D eigenvalue weighted by atomic mass is 19.1. The first-order chi connectivity index (χ1) is 7.18. The average Bonchev–Trinajstić information content (AvgIpc) is 2.25.